The average molecular weight is 262 g/mol. The lowest BCUT2D eigenvalue weighted by Gasteiger charge is -2.44. The predicted octanol–water partition coefficient (Wildman–Crippen LogP) is 1.50. The monoisotopic (exact) mass is 262 g/mol. The van der Waals surface area contributed by atoms with Crippen molar-refractivity contribution >= 4 is 0 Å². The summed E-state index contributed by atoms with van der Waals surface area (Å²) in [7, 11) is 0. The Kier molecular flexibility index (Phi) is 4.91. The van der Waals surface area contributed by atoms with Gasteiger partial charge in [0.25, 0.3) is 0 Å². The van der Waals surface area contributed by atoms with Gasteiger partial charge in [-0.1, -0.05) is 6.92 Å². The average Bonchev–Trinajstić information content (AvgIpc) is 2.40. The fourth-order valence-corrected chi connectivity index (χ4v) is 3.15. The summed E-state index contributed by atoms with van der Waals surface area (Å²) in [5.41, 5.74) is 7.52. The SMILES string of the molecule is CCN1CCN(C(c2ccncc2)C(C)N)CC1C. The first-order chi connectivity index (χ1) is 9.13. The lowest BCUT2D eigenvalue weighted by Crippen LogP contribution is -2.54. The standard InChI is InChI=1S/C15H26N4/c1-4-18-9-10-19(11-12(18)2)15(13(3)16)14-5-7-17-8-6-14/h5-8,12-13,15H,4,9-11,16H2,1-3H3. The zero-order valence-electron chi connectivity index (χ0n) is 12.3. The summed E-state index contributed by atoms with van der Waals surface area (Å²) in [5, 5.41) is 0. The third-order valence-electron chi connectivity index (χ3n) is 4.14. The van der Waals surface area contributed by atoms with Crippen LogP contribution in [0, 0.1) is 0 Å². The first-order valence-corrected chi connectivity index (χ1v) is 7.27. The van der Waals surface area contributed by atoms with Crippen LogP contribution in [0.5, 0.6) is 0 Å². The van der Waals surface area contributed by atoms with Crippen LogP contribution < -0.4 is 5.73 Å². The Morgan fingerprint density at radius 1 is 1.37 bits per heavy atom. The number of hydrogen-bond acceptors (Lipinski definition) is 4. The topological polar surface area (TPSA) is 45.4 Å². The molecule has 1 aliphatic rings. The second kappa shape index (κ2) is 6.46. The number of likely N-dealkylation sites (N-methyl/N-ethyl adjacent to an activating group) is 1. The Hall–Kier alpha value is -0.970. The fraction of sp³-hybridized carbons (Fsp3) is 0.667. The summed E-state index contributed by atoms with van der Waals surface area (Å²) in [6.45, 7) is 11.1. The third-order valence-corrected chi connectivity index (χ3v) is 4.14. The van der Waals surface area contributed by atoms with Gasteiger partial charge in [-0.2, -0.15) is 0 Å². The molecule has 0 spiro atoms. The van der Waals surface area contributed by atoms with Gasteiger partial charge in [0.2, 0.25) is 0 Å². The maximum Gasteiger partial charge on any atom is 0.0498 e. The number of nitrogens with two attached hydrogens (primary N) is 1. The molecule has 0 amide bonds. The second-order valence-corrected chi connectivity index (χ2v) is 5.56. The molecule has 19 heavy (non-hydrogen) atoms. The van der Waals surface area contributed by atoms with Crippen molar-refractivity contribution < 1.29 is 0 Å². The minimum atomic E-state index is 0.128. The van der Waals surface area contributed by atoms with Crippen LogP contribution in [0.4, 0.5) is 0 Å². The van der Waals surface area contributed by atoms with Crippen molar-refractivity contribution in [3.8, 4) is 0 Å². The van der Waals surface area contributed by atoms with E-state index in [0.29, 0.717) is 12.1 Å². The molecule has 0 radical (unpaired) electrons. The summed E-state index contributed by atoms with van der Waals surface area (Å²) >= 11 is 0. The predicted molar refractivity (Wildman–Crippen MR) is 78.9 cm³/mol. The highest BCUT2D eigenvalue weighted by Gasteiger charge is 2.30. The van der Waals surface area contributed by atoms with Crippen LogP contribution in [-0.4, -0.2) is 53.0 Å². The molecule has 0 bridgehead atoms. The molecule has 1 aliphatic heterocycles. The van der Waals surface area contributed by atoms with E-state index in [-0.39, 0.29) is 6.04 Å². The van der Waals surface area contributed by atoms with Gasteiger partial charge in [-0.3, -0.25) is 14.8 Å². The number of nitrogens with zero attached hydrogens (tertiary/aromatic N) is 3. The molecule has 0 saturated carbocycles. The molecule has 3 atom stereocenters. The summed E-state index contributed by atoms with van der Waals surface area (Å²) in [5.74, 6) is 0. The van der Waals surface area contributed by atoms with E-state index in [2.05, 4.69) is 47.7 Å². The first-order valence-electron chi connectivity index (χ1n) is 7.27. The highest BCUT2D eigenvalue weighted by Crippen LogP contribution is 2.25. The lowest BCUT2D eigenvalue weighted by atomic mass is 9.98. The quantitative estimate of drug-likeness (QED) is 0.893. The highest BCUT2D eigenvalue weighted by atomic mass is 15.3. The van der Waals surface area contributed by atoms with Gasteiger partial charge in [0.15, 0.2) is 0 Å². The Labute approximate surface area is 116 Å². The number of aromatic nitrogens is 1. The molecule has 4 heteroatoms. The number of pyridine rings is 1. The minimum Gasteiger partial charge on any atom is -0.326 e. The second-order valence-electron chi connectivity index (χ2n) is 5.56. The summed E-state index contributed by atoms with van der Waals surface area (Å²) in [4.78, 5) is 9.16. The Balaban J connectivity index is 2.13. The van der Waals surface area contributed by atoms with Gasteiger partial charge in [0.1, 0.15) is 0 Å². The smallest absolute Gasteiger partial charge is 0.0498 e. The van der Waals surface area contributed by atoms with Gasteiger partial charge >= 0.3 is 0 Å². The normalized spacial score (nSPS) is 25.2. The molecule has 1 fully saturated rings. The van der Waals surface area contributed by atoms with Crippen molar-refractivity contribution in [2.75, 3.05) is 26.2 Å². The van der Waals surface area contributed by atoms with E-state index in [4.69, 9.17) is 5.73 Å². The van der Waals surface area contributed by atoms with Gasteiger partial charge in [-0.25, -0.2) is 0 Å². The van der Waals surface area contributed by atoms with Crippen molar-refractivity contribution in [1.29, 1.82) is 0 Å². The van der Waals surface area contributed by atoms with Gasteiger partial charge in [-0.05, 0) is 38.1 Å². The molecule has 2 heterocycles. The van der Waals surface area contributed by atoms with E-state index in [1.807, 2.05) is 12.4 Å². The van der Waals surface area contributed by atoms with Crippen molar-refractivity contribution in [2.24, 2.45) is 5.73 Å². The van der Waals surface area contributed by atoms with Gasteiger partial charge in [0.05, 0.1) is 0 Å². The van der Waals surface area contributed by atoms with Crippen molar-refractivity contribution in [2.45, 2.75) is 38.9 Å². The Morgan fingerprint density at radius 2 is 2.05 bits per heavy atom. The highest BCUT2D eigenvalue weighted by molar-refractivity contribution is 5.17. The van der Waals surface area contributed by atoms with E-state index in [1.165, 1.54) is 5.56 Å². The Morgan fingerprint density at radius 3 is 2.58 bits per heavy atom. The van der Waals surface area contributed by atoms with Crippen LogP contribution in [0.15, 0.2) is 24.5 Å². The molecule has 3 unspecified atom stereocenters. The van der Waals surface area contributed by atoms with E-state index in [9.17, 15) is 0 Å². The lowest BCUT2D eigenvalue weighted by molar-refractivity contribution is 0.0516. The van der Waals surface area contributed by atoms with Crippen LogP contribution in [0.2, 0.25) is 0 Å². The fourth-order valence-electron chi connectivity index (χ4n) is 3.15. The molecule has 1 saturated heterocycles. The van der Waals surface area contributed by atoms with Crippen LogP contribution >= 0.6 is 0 Å². The molecular formula is C15H26N4. The van der Waals surface area contributed by atoms with Crippen LogP contribution in [0.3, 0.4) is 0 Å². The van der Waals surface area contributed by atoms with Crippen LogP contribution in [0.1, 0.15) is 32.4 Å². The molecule has 2 N–H and O–H groups in total. The molecule has 0 aromatic carbocycles. The van der Waals surface area contributed by atoms with Crippen molar-refractivity contribution in [1.82, 2.24) is 14.8 Å². The zero-order chi connectivity index (χ0) is 13.8. The molecule has 2 rings (SSSR count). The maximum atomic E-state index is 6.24. The van der Waals surface area contributed by atoms with Crippen LogP contribution in [-0.2, 0) is 0 Å². The minimum absolute atomic E-state index is 0.128. The molecule has 0 aliphatic carbocycles. The van der Waals surface area contributed by atoms with Gasteiger partial charge in [0, 0.05) is 50.2 Å². The van der Waals surface area contributed by atoms with Crippen molar-refractivity contribution in [3.63, 3.8) is 0 Å². The van der Waals surface area contributed by atoms with Gasteiger partial charge < -0.3 is 5.73 Å². The molecular weight excluding hydrogens is 236 g/mol. The van der Waals surface area contributed by atoms with Crippen molar-refractivity contribution in [3.05, 3.63) is 30.1 Å². The Bertz CT molecular complexity index is 379. The number of piperazine rings is 1. The molecule has 1 aromatic heterocycles. The van der Waals surface area contributed by atoms with Gasteiger partial charge in [-0.15, -0.1) is 0 Å². The molecule has 1 aromatic rings. The number of rotatable bonds is 4. The zero-order valence-corrected chi connectivity index (χ0v) is 12.3. The number of hydrogen-bond donors (Lipinski definition) is 1. The maximum absolute atomic E-state index is 6.24. The van der Waals surface area contributed by atoms with E-state index in [0.717, 1.165) is 26.2 Å². The van der Waals surface area contributed by atoms with E-state index < -0.39 is 0 Å². The third kappa shape index (κ3) is 3.32. The summed E-state index contributed by atoms with van der Waals surface area (Å²) < 4.78 is 0. The first kappa shape index (κ1) is 14.4. The largest absolute Gasteiger partial charge is 0.326 e. The summed E-state index contributed by atoms with van der Waals surface area (Å²) in [6.07, 6.45) is 3.72. The molecule has 106 valence electrons. The molecule has 4 nitrogen and oxygen atoms in total. The summed E-state index contributed by atoms with van der Waals surface area (Å²) in [6, 6.07) is 5.20. The van der Waals surface area contributed by atoms with Crippen LogP contribution in [0.25, 0.3) is 0 Å². The van der Waals surface area contributed by atoms with E-state index in [1.54, 1.807) is 0 Å². The van der Waals surface area contributed by atoms with E-state index >= 15 is 0 Å².